The van der Waals surface area contributed by atoms with Gasteiger partial charge >= 0.3 is 0 Å². The first-order chi connectivity index (χ1) is 9.79. The lowest BCUT2D eigenvalue weighted by molar-refractivity contribution is 0.685. The van der Waals surface area contributed by atoms with E-state index in [0.29, 0.717) is 0 Å². The van der Waals surface area contributed by atoms with Crippen molar-refractivity contribution in [3.63, 3.8) is 0 Å². The van der Waals surface area contributed by atoms with E-state index in [2.05, 4.69) is 50.0 Å². The molecule has 3 rings (SSSR count). The van der Waals surface area contributed by atoms with Gasteiger partial charge in [0.05, 0.1) is 23.8 Å². The molecule has 2 heterocycles. The van der Waals surface area contributed by atoms with E-state index < -0.39 is 0 Å². The van der Waals surface area contributed by atoms with Crippen molar-refractivity contribution in [1.29, 1.82) is 0 Å². The average Bonchev–Trinajstić information content (AvgIpc) is 3.10. The van der Waals surface area contributed by atoms with Crippen LogP contribution >= 0.6 is 11.3 Å². The predicted molar refractivity (Wildman–Crippen MR) is 79.7 cm³/mol. The van der Waals surface area contributed by atoms with E-state index in [0.717, 1.165) is 29.5 Å². The first-order valence-electron chi connectivity index (χ1n) is 6.36. The molecule has 2 aromatic heterocycles. The summed E-state index contributed by atoms with van der Waals surface area (Å²) in [6.07, 6.45) is 3.27. The van der Waals surface area contributed by atoms with E-state index in [4.69, 9.17) is 0 Å². The van der Waals surface area contributed by atoms with Crippen LogP contribution in [0.5, 0.6) is 0 Å². The van der Waals surface area contributed by atoms with Crippen molar-refractivity contribution in [1.82, 2.24) is 19.7 Å². The molecule has 0 aliphatic carbocycles. The average molecular weight is 285 g/mol. The number of aromatic nitrogens is 4. The number of nitrogens with zero attached hydrogens (tertiary/aromatic N) is 4. The Morgan fingerprint density at radius 1 is 1.25 bits per heavy atom. The molecule has 0 fully saturated rings. The van der Waals surface area contributed by atoms with Gasteiger partial charge in [0.25, 0.3) is 0 Å². The Morgan fingerprint density at radius 3 is 2.75 bits per heavy atom. The highest BCUT2D eigenvalue weighted by molar-refractivity contribution is 7.09. The lowest BCUT2D eigenvalue weighted by atomic mass is 10.2. The van der Waals surface area contributed by atoms with E-state index in [1.807, 2.05) is 6.92 Å². The van der Waals surface area contributed by atoms with Crippen LogP contribution in [0.15, 0.2) is 42.3 Å². The lowest BCUT2D eigenvalue weighted by Gasteiger charge is -2.06. The van der Waals surface area contributed by atoms with Crippen LogP contribution in [0.1, 0.15) is 16.3 Å². The standard InChI is InChI=1S/C14H15N5S/c1-11-18-14(8-20-11)6-16-13-4-2-12(3-5-13)7-19-10-15-9-17-19/h2-5,8-10,16H,6-7H2,1H3. The van der Waals surface area contributed by atoms with Gasteiger partial charge in [0, 0.05) is 11.1 Å². The van der Waals surface area contributed by atoms with Crippen molar-refractivity contribution in [3.8, 4) is 0 Å². The normalized spacial score (nSPS) is 10.7. The van der Waals surface area contributed by atoms with Gasteiger partial charge in [-0.1, -0.05) is 12.1 Å². The molecule has 0 spiro atoms. The van der Waals surface area contributed by atoms with Crippen LogP contribution in [-0.4, -0.2) is 19.7 Å². The molecule has 0 aliphatic heterocycles. The molecule has 0 bridgehead atoms. The Labute approximate surface area is 121 Å². The van der Waals surface area contributed by atoms with Gasteiger partial charge in [-0.15, -0.1) is 11.3 Å². The maximum atomic E-state index is 4.43. The topological polar surface area (TPSA) is 55.6 Å². The van der Waals surface area contributed by atoms with Crippen LogP contribution in [0.3, 0.4) is 0 Å². The number of rotatable bonds is 5. The van der Waals surface area contributed by atoms with Gasteiger partial charge in [0.15, 0.2) is 0 Å². The fraction of sp³-hybridized carbons (Fsp3) is 0.214. The molecule has 3 aromatic rings. The summed E-state index contributed by atoms with van der Waals surface area (Å²) in [5, 5.41) is 10.7. The number of hydrogen-bond donors (Lipinski definition) is 1. The van der Waals surface area contributed by atoms with Gasteiger partial charge in [0.1, 0.15) is 12.7 Å². The monoisotopic (exact) mass is 285 g/mol. The number of benzene rings is 1. The van der Waals surface area contributed by atoms with Gasteiger partial charge in [-0.2, -0.15) is 5.10 Å². The van der Waals surface area contributed by atoms with Crippen LogP contribution < -0.4 is 5.32 Å². The summed E-state index contributed by atoms with van der Waals surface area (Å²) in [5.41, 5.74) is 3.38. The van der Waals surface area contributed by atoms with Crippen LogP contribution in [0, 0.1) is 6.92 Å². The molecule has 20 heavy (non-hydrogen) atoms. The number of thiazole rings is 1. The fourth-order valence-corrected chi connectivity index (χ4v) is 2.52. The largest absolute Gasteiger partial charge is 0.379 e. The zero-order valence-corrected chi connectivity index (χ0v) is 12.0. The van der Waals surface area contributed by atoms with E-state index in [-0.39, 0.29) is 0 Å². The number of nitrogens with one attached hydrogen (secondary N) is 1. The molecular weight excluding hydrogens is 270 g/mol. The van der Waals surface area contributed by atoms with Crippen molar-refractivity contribution in [3.05, 3.63) is 58.6 Å². The van der Waals surface area contributed by atoms with Crippen LogP contribution in [0.4, 0.5) is 5.69 Å². The summed E-state index contributed by atoms with van der Waals surface area (Å²) >= 11 is 1.68. The number of anilines is 1. The highest BCUT2D eigenvalue weighted by Crippen LogP contribution is 2.13. The lowest BCUT2D eigenvalue weighted by Crippen LogP contribution is -2.02. The molecule has 0 amide bonds. The maximum absolute atomic E-state index is 4.43. The van der Waals surface area contributed by atoms with Gasteiger partial charge in [-0.3, -0.25) is 0 Å². The minimum absolute atomic E-state index is 0.742. The molecule has 0 saturated carbocycles. The second kappa shape index (κ2) is 5.83. The van der Waals surface area contributed by atoms with E-state index in [1.54, 1.807) is 28.7 Å². The van der Waals surface area contributed by atoms with E-state index in [1.165, 1.54) is 5.56 Å². The predicted octanol–water partition coefficient (Wildman–Crippen LogP) is 2.70. The summed E-state index contributed by atoms with van der Waals surface area (Å²) in [6.45, 7) is 3.52. The first kappa shape index (κ1) is 12.8. The van der Waals surface area contributed by atoms with Crippen LogP contribution in [-0.2, 0) is 13.1 Å². The fourth-order valence-electron chi connectivity index (χ4n) is 1.91. The summed E-state index contributed by atoms with van der Waals surface area (Å²) in [4.78, 5) is 8.37. The highest BCUT2D eigenvalue weighted by Gasteiger charge is 1.99. The molecule has 0 aliphatic rings. The quantitative estimate of drug-likeness (QED) is 0.783. The molecule has 0 atom stereocenters. The minimum atomic E-state index is 0.742. The molecule has 0 unspecified atom stereocenters. The van der Waals surface area contributed by atoms with E-state index >= 15 is 0 Å². The van der Waals surface area contributed by atoms with Gasteiger partial charge in [-0.05, 0) is 24.6 Å². The van der Waals surface area contributed by atoms with Crippen molar-refractivity contribution < 1.29 is 0 Å². The zero-order chi connectivity index (χ0) is 13.8. The molecule has 1 N–H and O–H groups in total. The van der Waals surface area contributed by atoms with Gasteiger partial charge < -0.3 is 5.32 Å². The first-order valence-corrected chi connectivity index (χ1v) is 7.24. The third-order valence-corrected chi connectivity index (χ3v) is 3.73. The Hall–Kier alpha value is -2.21. The molecule has 0 radical (unpaired) electrons. The zero-order valence-electron chi connectivity index (χ0n) is 11.2. The molecule has 0 saturated heterocycles. The van der Waals surface area contributed by atoms with Crippen molar-refractivity contribution in [2.24, 2.45) is 0 Å². The molecule has 5 nitrogen and oxygen atoms in total. The van der Waals surface area contributed by atoms with Crippen molar-refractivity contribution in [2.45, 2.75) is 20.0 Å². The summed E-state index contributed by atoms with van der Waals surface area (Å²) in [7, 11) is 0. The molecule has 6 heteroatoms. The third-order valence-electron chi connectivity index (χ3n) is 2.91. The Bertz CT molecular complexity index is 657. The van der Waals surface area contributed by atoms with Crippen LogP contribution in [0.2, 0.25) is 0 Å². The Kier molecular flexibility index (Phi) is 3.73. The molecular formula is C14H15N5S. The maximum Gasteiger partial charge on any atom is 0.137 e. The van der Waals surface area contributed by atoms with Gasteiger partial charge in [0.2, 0.25) is 0 Å². The SMILES string of the molecule is Cc1nc(CNc2ccc(Cn3cncn3)cc2)cs1. The van der Waals surface area contributed by atoms with Gasteiger partial charge in [-0.25, -0.2) is 14.6 Å². The van der Waals surface area contributed by atoms with Crippen LogP contribution in [0.25, 0.3) is 0 Å². The third kappa shape index (κ3) is 3.21. The highest BCUT2D eigenvalue weighted by atomic mass is 32.1. The van der Waals surface area contributed by atoms with E-state index in [9.17, 15) is 0 Å². The molecule has 1 aromatic carbocycles. The smallest absolute Gasteiger partial charge is 0.137 e. The molecule has 102 valence electrons. The number of hydrogen-bond acceptors (Lipinski definition) is 5. The minimum Gasteiger partial charge on any atom is -0.379 e. The summed E-state index contributed by atoms with van der Waals surface area (Å²) < 4.78 is 1.81. The summed E-state index contributed by atoms with van der Waals surface area (Å²) in [5.74, 6) is 0. The van der Waals surface area contributed by atoms with Crippen molar-refractivity contribution in [2.75, 3.05) is 5.32 Å². The second-order valence-corrected chi connectivity index (χ2v) is 5.56. The number of aryl methyl sites for hydroxylation is 1. The summed E-state index contributed by atoms with van der Waals surface area (Å²) in [6, 6.07) is 8.34. The second-order valence-electron chi connectivity index (χ2n) is 4.50. The Balaban J connectivity index is 1.58. The van der Waals surface area contributed by atoms with Crippen molar-refractivity contribution >= 4 is 17.0 Å². The Morgan fingerprint density at radius 2 is 2.10 bits per heavy atom.